The SMILES string of the molecule is COc1cc(/C(C#N)=C/c2ccc3c(c2)OCO3)ccc1OCCCCCCCCCCCOC(=O)C(C)(CC(C)(C)N)C(C)(C)N. The highest BCUT2D eigenvalue weighted by Gasteiger charge is 2.48. The number of fused-ring (bicyclic) bond motifs is 1. The highest BCUT2D eigenvalue weighted by atomic mass is 16.7. The summed E-state index contributed by atoms with van der Waals surface area (Å²) in [5, 5.41) is 9.82. The molecule has 47 heavy (non-hydrogen) atoms. The summed E-state index contributed by atoms with van der Waals surface area (Å²) in [7, 11) is 1.61. The number of carbonyl (C=O) groups excluding carboxylic acids is 1. The van der Waals surface area contributed by atoms with Crippen LogP contribution in [0.2, 0.25) is 0 Å². The maximum absolute atomic E-state index is 12.9. The number of benzene rings is 2. The summed E-state index contributed by atoms with van der Waals surface area (Å²) in [5.41, 5.74) is 12.6. The van der Waals surface area contributed by atoms with Crippen LogP contribution in [0, 0.1) is 16.7 Å². The van der Waals surface area contributed by atoms with E-state index >= 15 is 0 Å². The van der Waals surface area contributed by atoms with Gasteiger partial charge in [-0.05, 0) is 101 Å². The van der Waals surface area contributed by atoms with Gasteiger partial charge in [-0.25, -0.2) is 0 Å². The largest absolute Gasteiger partial charge is 0.493 e. The van der Waals surface area contributed by atoms with E-state index in [0.29, 0.717) is 48.2 Å². The van der Waals surface area contributed by atoms with Crippen molar-refractivity contribution in [1.82, 2.24) is 0 Å². The lowest BCUT2D eigenvalue weighted by molar-refractivity contribution is -0.160. The van der Waals surface area contributed by atoms with E-state index in [1.54, 1.807) is 7.11 Å². The normalized spacial score (nSPS) is 14.3. The minimum absolute atomic E-state index is 0.208. The monoisotopic (exact) mass is 649 g/mol. The second kappa shape index (κ2) is 17.4. The number of esters is 1. The van der Waals surface area contributed by atoms with E-state index in [1.165, 1.54) is 19.3 Å². The lowest BCUT2D eigenvalue weighted by atomic mass is 9.67. The summed E-state index contributed by atoms with van der Waals surface area (Å²) in [4.78, 5) is 12.9. The number of hydrogen-bond donors (Lipinski definition) is 2. The molecule has 0 radical (unpaired) electrons. The summed E-state index contributed by atoms with van der Waals surface area (Å²) in [6.07, 6.45) is 12.1. The van der Waals surface area contributed by atoms with E-state index in [-0.39, 0.29) is 12.8 Å². The van der Waals surface area contributed by atoms with Gasteiger partial charge >= 0.3 is 5.97 Å². The molecule has 4 N–H and O–H groups in total. The molecular formula is C38H55N3O6. The molecule has 0 amide bonds. The minimum Gasteiger partial charge on any atom is -0.493 e. The maximum atomic E-state index is 12.9. The Hall–Kier alpha value is -3.74. The minimum atomic E-state index is -0.844. The van der Waals surface area contributed by atoms with E-state index in [1.807, 2.05) is 77.1 Å². The van der Waals surface area contributed by atoms with Gasteiger partial charge in [-0.1, -0.05) is 51.0 Å². The molecule has 0 bridgehead atoms. The first-order valence-corrected chi connectivity index (χ1v) is 16.8. The van der Waals surface area contributed by atoms with Crippen molar-refractivity contribution in [2.24, 2.45) is 16.9 Å². The third-order valence-electron chi connectivity index (χ3n) is 8.76. The molecule has 0 fully saturated rings. The first kappa shape index (κ1) is 37.7. The van der Waals surface area contributed by atoms with Gasteiger partial charge in [0.25, 0.3) is 0 Å². The third-order valence-corrected chi connectivity index (χ3v) is 8.76. The molecule has 0 aromatic heterocycles. The zero-order valence-electron chi connectivity index (χ0n) is 29.3. The topological polar surface area (TPSA) is 139 Å². The fourth-order valence-electron chi connectivity index (χ4n) is 5.73. The number of unbranched alkanes of at least 4 members (excludes halogenated alkanes) is 8. The van der Waals surface area contributed by atoms with Gasteiger partial charge in [0.05, 0.1) is 37.4 Å². The van der Waals surface area contributed by atoms with Crippen molar-refractivity contribution in [3.63, 3.8) is 0 Å². The molecule has 9 nitrogen and oxygen atoms in total. The Bertz CT molecular complexity index is 1390. The zero-order chi connectivity index (χ0) is 34.5. The molecule has 1 aliphatic heterocycles. The molecule has 9 heteroatoms. The Kier molecular flexibility index (Phi) is 14.0. The number of allylic oxidation sites excluding steroid dienone is 1. The smallest absolute Gasteiger partial charge is 0.313 e. The van der Waals surface area contributed by atoms with Crippen LogP contribution in [0.5, 0.6) is 23.0 Å². The van der Waals surface area contributed by atoms with Crippen molar-refractivity contribution in [2.75, 3.05) is 27.1 Å². The van der Waals surface area contributed by atoms with E-state index in [0.717, 1.165) is 49.7 Å². The van der Waals surface area contributed by atoms with Crippen LogP contribution in [-0.2, 0) is 9.53 Å². The average molecular weight is 650 g/mol. The summed E-state index contributed by atoms with van der Waals surface area (Å²) >= 11 is 0. The molecular weight excluding hydrogens is 594 g/mol. The van der Waals surface area contributed by atoms with E-state index in [4.69, 9.17) is 35.2 Å². The highest BCUT2D eigenvalue weighted by molar-refractivity contribution is 5.90. The number of nitrogens with two attached hydrogens (primary N) is 2. The fourth-order valence-corrected chi connectivity index (χ4v) is 5.73. The Labute approximate surface area is 281 Å². The van der Waals surface area contributed by atoms with E-state index < -0.39 is 16.5 Å². The molecule has 3 rings (SSSR count). The number of rotatable bonds is 20. The van der Waals surface area contributed by atoms with E-state index in [2.05, 4.69) is 6.07 Å². The molecule has 2 aromatic rings. The predicted octanol–water partition coefficient (Wildman–Crippen LogP) is 7.79. The molecule has 0 saturated heterocycles. The number of nitrogens with zero attached hydrogens (tertiary/aromatic N) is 1. The molecule has 0 spiro atoms. The van der Waals surface area contributed by atoms with Crippen LogP contribution < -0.4 is 30.4 Å². The molecule has 0 saturated carbocycles. The highest BCUT2D eigenvalue weighted by Crippen LogP contribution is 2.38. The van der Waals surface area contributed by atoms with Gasteiger partial charge in [0.2, 0.25) is 6.79 Å². The van der Waals surface area contributed by atoms with Crippen LogP contribution in [0.4, 0.5) is 0 Å². The van der Waals surface area contributed by atoms with Crippen LogP contribution in [-0.4, -0.2) is 44.2 Å². The van der Waals surface area contributed by atoms with Gasteiger partial charge in [0.1, 0.15) is 0 Å². The van der Waals surface area contributed by atoms with Gasteiger partial charge in [-0.15, -0.1) is 0 Å². The quantitative estimate of drug-likeness (QED) is 0.0637. The molecule has 1 heterocycles. The third kappa shape index (κ3) is 11.5. The second-order valence-electron chi connectivity index (χ2n) is 14.0. The maximum Gasteiger partial charge on any atom is 0.313 e. The first-order valence-electron chi connectivity index (χ1n) is 16.8. The van der Waals surface area contributed by atoms with Crippen LogP contribution in [0.25, 0.3) is 11.6 Å². The van der Waals surface area contributed by atoms with E-state index in [9.17, 15) is 10.1 Å². The van der Waals surface area contributed by atoms with Crippen molar-refractivity contribution >= 4 is 17.6 Å². The second-order valence-corrected chi connectivity index (χ2v) is 14.0. The van der Waals surface area contributed by atoms with Crippen LogP contribution in [0.3, 0.4) is 0 Å². The van der Waals surface area contributed by atoms with Gasteiger partial charge in [-0.2, -0.15) is 5.26 Å². The average Bonchev–Trinajstić information content (AvgIpc) is 3.48. The number of ether oxygens (including phenoxy) is 5. The lowest BCUT2D eigenvalue weighted by Gasteiger charge is -2.42. The van der Waals surface area contributed by atoms with Crippen LogP contribution in [0.1, 0.15) is 110 Å². The summed E-state index contributed by atoms with van der Waals surface area (Å²) in [5.74, 6) is 2.38. The summed E-state index contributed by atoms with van der Waals surface area (Å²) in [6.45, 7) is 10.6. The Morgan fingerprint density at radius 3 is 2.06 bits per heavy atom. The molecule has 1 atom stereocenters. The van der Waals surface area contributed by atoms with Crippen LogP contribution >= 0.6 is 0 Å². The molecule has 258 valence electrons. The molecule has 1 unspecified atom stereocenters. The molecule has 1 aliphatic rings. The van der Waals surface area contributed by atoms with Crippen molar-refractivity contribution in [3.8, 4) is 29.1 Å². The van der Waals surface area contributed by atoms with Crippen LogP contribution in [0.15, 0.2) is 36.4 Å². The van der Waals surface area contributed by atoms with Crippen molar-refractivity contribution in [3.05, 3.63) is 47.5 Å². The predicted molar refractivity (Wildman–Crippen MR) is 186 cm³/mol. The van der Waals surface area contributed by atoms with Gasteiger partial charge in [-0.3, -0.25) is 4.79 Å². The Morgan fingerprint density at radius 2 is 1.47 bits per heavy atom. The van der Waals surface area contributed by atoms with Crippen molar-refractivity contribution in [1.29, 1.82) is 5.26 Å². The number of hydrogen-bond acceptors (Lipinski definition) is 9. The summed E-state index contributed by atoms with van der Waals surface area (Å²) in [6, 6.07) is 13.5. The number of methoxy groups -OCH3 is 1. The zero-order valence-corrected chi connectivity index (χ0v) is 29.3. The Balaban J connectivity index is 1.29. The standard InChI is InChI=1S/C38H55N3O6/c1-36(2,40)26-38(5,37(3,4)41)35(42)45-21-15-13-11-9-7-8-10-12-14-20-44-31-19-17-29(24-33(31)43-6)30(25-39)22-28-16-18-32-34(23-28)47-27-46-32/h16-19,22-24H,7-15,20-21,26-27,40-41H2,1-6H3/b30-22+. The number of nitriles is 1. The molecule has 0 aliphatic carbocycles. The lowest BCUT2D eigenvalue weighted by Crippen LogP contribution is -2.58. The first-order chi connectivity index (χ1) is 22.3. The summed E-state index contributed by atoms with van der Waals surface area (Å²) < 4.78 is 28.1. The number of carbonyl (C=O) groups is 1. The van der Waals surface area contributed by atoms with Crippen molar-refractivity contribution < 1.29 is 28.5 Å². The fraction of sp³-hybridized carbons (Fsp3) is 0.579. The van der Waals surface area contributed by atoms with Gasteiger partial charge in [0, 0.05) is 11.1 Å². The van der Waals surface area contributed by atoms with Gasteiger partial charge < -0.3 is 35.2 Å². The molecule has 2 aromatic carbocycles. The van der Waals surface area contributed by atoms with Gasteiger partial charge in [0.15, 0.2) is 23.0 Å². The van der Waals surface area contributed by atoms with Crippen molar-refractivity contribution in [2.45, 2.75) is 110 Å². The Morgan fingerprint density at radius 1 is 0.851 bits per heavy atom.